The number of hydrogen-bond donors (Lipinski definition) is 1. The molecule has 0 aliphatic rings. The van der Waals surface area contributed by atoms with Crippen molar-refractivity contribution in [2.75, 3.05) is 30.9 Å². The molecule has 0 radical (unpaired) electrons. The van der Waals surface area contributed by atoms with E-state index in [0.717, 1.165) is 6.54 Å². The van der Waals surface area contributed by atoms with Crippen molar-refractivity contribution >= 4 is 23.5 Å². The third-order valence-electron chi connectivity index (χ3n) is 3.20. The molecule has 1 aromatic heterocycles. The highest BCUT2D eigenvalue weighted by molar-refractivity contribution is 6.28. The zero-order valence-electron chi connectivity index (χ0n) is 12.6. The van der Waals surface area contributed by atoms with Crippen LogP contribution in [0.15, 0.2) is 0 Å². The Balaban J connectivity index is 2.77. The van der Waals surface area contributed by atoms with E-state index < -0.39 is 0 Å². The maximum atomic E-state index is 5.91. The molecule has 6 heteroatoms. The molecule has 0 amide bonds. The third-order valence-corrected chi connectivity index (χ3v) is 3.37. The van der Waals surface area contributed by atoms with Crippen molar-refractivity contribution in [1.29, 1.82) is 0 Å². The van der Waals surface area contributed by atoms with Crippen molar-refractivity contribution < 1.29 is 0 Å². The molecule has 1 rings (SSSR count). The lowest BCUT2D eigenvalue weighted by molar-refractivity contribution is 0.304. The van der Waals surface area contributed by atoms with Crippen molar-refractivity contribution in [2.24, 2.45) is 17.8 Å². The molecule has 0 bridgehead atoms. The third kappa shape index (κ3) is 4.82. The van der Waals surface area contributed by atoms with Crippen molar-refractivity contribution in [2.45, 2.75) is 27.7 Å². The second-order valence-corrected chi connectivity index (χ2v) is 5.99. The maximum Gasteiger partial charge on any atom is 0.230 e. The summed E-state index contributed by atoms with van der Waals surface area (Å²) in [6.07, 6.45) is 0. The maximum absolute atomic E-state index is 5.91. The van der Waals surface area contributed by atoms with Crippen LogP contribution in [0.5, 0.6) is 0 Å². The van der Waals surface area contributed by atoms with Crippen LogP contribution in [0.3, 0.4) is 0 Å². The predicted molar refractivity (Wildman–Crippen MR) is 80.8 cm³/mol. The molecule has 0 aromatic carbocycles. The second kappa shape index (κ2) is 6.89. The van der Waals surface area contributed by atoms with E-state index in [0.29, 0.717) is 29.7 Å². The Bertz CT molecular complexity index is 398. The zero-order valence-corrected chi connectivity index (χ0v) is 13.4. The number of rotatable bonds is 6. The molecule has 0 aliphatic heterocycles. The van der Waals surface area contributed by atoms with Crippen molar-refractivity contribution in [3.8, 4) is 0 Å². The number of hydrogen-bond acceptors (Lipinski definition) is 5. The lowest BCUT2D eigenvalue weighted by atomic mass is 9.85. The Morgan fingerprint density at radius 1 is 1.05 bits per heavy atom. The van der Waals surface area contributed by atoms with Crippen LogP contribution in [-0.2, 0) is 0 Å². The van der Waals surface area contributed by atoms with Gasteiger partial charge in [-0.15, -0.1) is 0 Å². The standard InChI is InChI=1S/C13H24ClN5/c1-8(2)10(9(3)4)7-15-12-16-11(14)17-13(18-12)19(5)6/h8-10H,7H2,1-6H3,(H,15,16,17,18). The van der Waals surface area contributed by atoms with Crippen LogP contribution < -0.4 is 10.2 Å². The Morgan fingerprint density at radius 3 is 2.11 bits per heavy atom. The molecule has 0 saturated carbocycles. The van der Waals surface area contributed by atoms with Gasteiger partial charge in [0.15, 0.2) is 0 Å². The summed E-state index contributed by atoms with van der Waals surface area (Å²) in [7, 11) is 3.75. The fourth-order valence-corrected chi connectivity index (χ4v) is 2.22. The second-order valence-electron chi connectivity index (χ2n) is 5.66. The number of halogens is 1. The first-order valence-electron chi connectivity index (χ1n) is 6.64. The summed E-state index contributed by atoms with van der Waals surface area (Å²) in [6.45, 7) is 9.77. The van der Waals surface area contributed by atoms with Gasteiger partial charge in [0.2, 0.25) is 17.2 Å². The Hall–Kier alpha value is -1.10. The first-order valence-corrected chi connectivity index (χ1v) is 7.01. The van der Waals surface area contributed by atoms with E-state index >= 15 is 0 Å². The molecule has 0 fully saturated rings. The largest absolute Gasteiger partial charge is 0.354 e. The van der Waals surface area contributed by atoms with E-state index in [1.165, 1.54) is 0 Å². The fourth-order valence-electron chi connectivity index (χ4n) is 2.07. The topological polar surface area (TPSA) is 53.9 Å². The van der Waals surface area contributed by atoms with Crippen LogP contribution >= 0.6 is 11.6 Å². The van der Waals surface area contributed by atoms with Gasteiger partial charge in [0.05, 0.1) is 0 Å². The molecule has 0 saturated heterocycles. The van der Waals surface area contributed by atoms with Gasteiger partial charge in [-0.2, -0.15) is 15.0 Å². The molecule has 0 unspecified atom stereocenters. The first-order chi connectivity index (χ1) is 8.81. The fraction of sp³-hybridized carbons (Fsp3) is 0.769. The number of nitrogens with one attached hydrogen (secondary N) is 1. The summed E-state index contributed by atoms with van der Waals surface area (Å²) in [4.78, 5) is 14.3. The monoisotopic (exact) mass is 285 g/mol. The molecule has 0 atom stereocenters. The summed E-state index contributed by atoms with van der Waals surface area (Å²) in [5, 5.41) is 3.48. The minimum atomic E-state index is 0.215. The molecule has 0 aliphatic carbocycles. The van der Waals surface area contributed by atoms with E-state index in [-0.39, 0.29) is 5.28 Å². The summed E-state index contributed by atoms with van der Waals surface area (Å²) in [5.74, 6) is 2.89. The summed E-state index contributed by atoms with van der Waals surface area (Å²) in [5.41, 5.74) is 0. The van der Waals surface area contributed by atoms with Crippen LogP contribution in [0.4, 0.5) is 11.9 Å². The van der Waals surface area contributed by atoms with Gasteiger partial charge in [-0.3, -0.25) is 0 Å². The highest BCUT2D eigenvalue weighted by Gasteiger charge is 2.18. The van der Waals surface area contributed by atoms with Gasteiger partial charge in [-0.05, 0) is 29.4 Å². The molecule has 1 heterocycles. The highest BCUT2D eigenvalue weighted by Crippen LogP contribution is 2.21. The lowest BCUT2D eigenvalue weighted by Crippen LogP contribution is -2.25. The number of anilines is 2. The molecular weight excluding hydrogens is 262 g/mol. The molecule has 19 heavy (non-hydrogen) atoms. The van der Waals surface area contributed by atoms with E-state index in [2.05, 4.69) is 48.0 Å². The molecule has 0 spiro atoms. The van der Waals surface area contributed by atoms with E-state index in [1.54, 1.807) is 4.90 Å². The minimum absolute atomic E-state index is 0.215. The van der Waals surface area contributed by atoms with Crippen molar-refractivity contribution in [1.82, 2.24) is 15.0 Å². The normalized spacial score (nSPS) is 11.5. The van der Waals surface area contributed by atoms with Gasteiger partial charge in [0.25, 0.3) is 0 Å². The van der Waals surface area contributed by atoms with E-state index in [9.17, 15) is 0 Å². The number of aromatic nitrogens is 3. The minimum Gasteiger partial charge on any atom is -0.354 e. The zero-order chi connectivity index (χ0) is 14.6. The van der Waals surface area contributed by atoms with Crippen molar-refractivity contribution in [3.05, 3.63) is 5.28 Å². The van der Waals surface area contributed by atoms with Gasteiger partial charge in [0, 0.05) is 20.6 Å². The first kappa shape index (κ1) is 16.0. The Labute approximate surface area is 120 Å². The van der Waals surface area contributed by atoms with Gasteiger partial charge < -0.3 is 10.2 Å². The predicted octanol–water partition coefficient (Wildman–Crippen LogP) is 2.93. The SMILES string of the molecule is CC(C)C(CNc1nc(Cl)nc(N(C)C)n1)C(C)C. The molecule has 1 aromatic rings. The van der Waals surface area contributed by atoms with Crippen molar-refractivity contribution in [3.63, 3.8) is 0 Å². The van der Waals surface area contributed by atoms with Gasteiger partial charge in [-0.25, -0.2) is 0 Å². The summed E-state index contributed by atoms with van der Waals surface area (Å²) < 4.78 is 0. The summed E-state index contributed by atoms with van der Waals surface area (Å²) >= 11 is 5.91. The summed E-state index contributed by atoms with van der Waals surface area (Å²) in [6, 6.07) is 0. The average Bonchev–Trinajstić information content (AvgIpc) is 2.27. The van der Waals surface area contributed by atoms with Gasteiger partial charge >= 0.3 is 0 Å². The van der Waals surface area contributed by atoms with Crippen LogP contribution in [0, 0.1) is 17.8 Å². The average molecular weight is 286 g/mol. The molecule has 5 nitrogen and oxygen atoms in total. The Kier molecular flexibility index (Phi) is 5.79. The quantitative estimate of drug-likeness (QED) is 0.871. The number of nitrogens with zero attached hydrogens (tertiary/aromatic N) is 4. The van der Waals surface area contributed by atoms with Crippen LogP contribution in [0.25, 0.3) is 0 Å². The molecule has 108 valence electrons. The van der Waals surface area contributed by atoms with E-state index in [4.69, 9.17) is 11.6 Å². The Morgan fingerprint density at radius 2 is 1.63 bits per heavy atom. The lowest BCUT2D eigenvalue weighted by Gasteiger charge is -2.25. The smallest absolute Gasteiger partial charge is 0.230 e. The van der Waals surface area contributed by atoms with Crippen LogP contribution in [0.1, 0.15) is 27.7 Å². The van der Waals surface area contributed by atoms with Gasteiger partial charge in [0.1, 0.15) is 0 Å². The van der Waals surface area contributed by atoms with Crippen LogP contribution in [-0.4, -0.2) is 35.6 Å². The molecule has 1 N–H and O–H groups in total. The highest BCUT2D eigenvalue weighted by atomic mass is 35.5. The van der Waals surface area contributed by atoms with Gasteiger partial charge in [-0.1, -0.05) is 27.7 Å². The van der Waals surface area contributed by atoms with Crippen LogP contribution in [0.2, 0.25) is 5.28 Å². The van der Waals surface area contributed by atoms with E-state index in [1.807, 2.05) is 14.1 Å². The molecular formula is C13H24ClN5.